The average molecular weight is 502 g/mol. The number of carboxylic acids is 1. The first kappa shape index (κ1) is 24.6. The fourth-order valence-corrected chi connectivity index (χ4v) is 5.36. The second-order valence-corrected chi connectivity index (χ2v) is 9.90. The van der Waals surface area contributed by atoms with E-state index in [-0.39, 0.29) is 24.5 Å². The van der Waals surface area contributed by atoms with E-state index in [4.69, 9.17) is 19.5 Å². The number of imidazole rings is 1. The van der Waals surface area contributed by atoms with Gasteiger partial charge in [0.15, 0.2) is 11.2 Å². The van der Waals surface area contributed by atoms with E-state index in [9.17, 15) is 14.5 Å². The van der Waals surface area contributed by atoms with Crippen LogP contribution in [0.4, 0.5) is 5.95 Å². The van der Waals surface area contributed by atoms with Crippen molar-refractivity contribution in [1.29, 1.82) is 0 Å². The zero-order chi connectivity index (χ0) is 25.2. The Morgan fingerprint density at radius 1 is 1.34 bits per heavy atom. The number of allylic oxidation sites excluding steroid dienone is 1. The molecule has 35 heavy (non-hydrogen) atoms. The Balaban J connectivity index is 1.48. The molecule has 13 heteroatoms. The van der Waals surface area contributed by atoms with Crippen molar-refractivity contribution in [3.63, 3.8) is 0 Å². The van der Waals surface area contributed by atoms with Gasteiger partial charge in [0.25, 0.3) is 0 Å². The Labute approximate surface area is 201 Å². The molecule has 0 spiro atoms. The molecule has 3 aromatic rings. The number of carbonyl (C=O) groups is 1. The third-order valence-electron chi connectivity index (χ3n) is 5.60. The molecule has 4 N–H and O–H groups in total. The van der Waals surface area contributed by atoms with Crippen LogP contribution in [0.25, 0.3) is 11.2 Å². The maximum atomic E-state index is 13.5. The minimum absolute atomic E-state index is 0.0442. The molecule has 0 bridgehead atoms. The average Bonchev–Trinajstić information content (AvgIpc) is 3.45. The van der Waals surface area contributed by atoms with E-state index < -0.39 is 19.8 Å². The SMILES string of the molecule is COc1nc(N)nc2c1ncn2[C@H]1C=C[C@@H](COP(=O)(N[C@@H](C)C(=O)O)Oc2ccccc2C)C1. The number of nitrogens with one attached hydrogen (secondary N) is 1. The molecule has 4 rings (SSSR count). The fraction of sp³-hybridized carbons (Fsp3) is 0.364. The summed E-state index contributed by atoms with van der Waals surface area (Å²) in [6.45, 7) is 3.21. The lowest BCUT2D eigenvalue weighted by Gasteiger charge is -2.24. The number of aromatic nitrogens is 4. The van der Waals surface area contributed by atoms with Crippen LogP contribution in [0.2, 0.25) is 0 Å². The molecule has 2 aromatic heterocycles. The third-order valence-corrected chi connectivity index (χ3v) is 7.23. The van der Waals surface area contributed by atoms with E-state index in [0.717, 1.165) is 5.56 Å². The van der Waals surface area contributed by atoms with E-state index in [1.165, 1.54) is 14.0 Å². The molecule has 1 aliphatic carbocycles. The number of ether oxygens (including phenoxy) is 1. The standard InChI is InChI=1S/C22H27N6O6P/c1-13-6-4-5-7-17(13)34-35(31,27-14(2)21(29)30)33-11-15-8-9-16(10-15)28-12-24-18-19(28)25-22(23)26-20(18)32-3/h4-9,12,14-16H,10-11H2,1-3H3,(H,27,31)(H,29,30)(H2,23,25,26)/t14-,15+,16-,35?/m0/s1. The van der Waals surface area contributed by atoms with Crippen molar-refractivity contribution in [2.75, 3.05) is 19.5 Å². The lowest BCUT2D eigenvalue weighted by molar-refractivity contribution is -0.138. The predicted octanol–water partition coefficient (Wildman–Crippen LogP) is 3.11. The van der Waals surface area contributed by atoms with Crippen LogP contribution in [-0.2, 0) is 13.9 Å². The molecule has 0 radical (unpaired) electrons. The van der Waals surface area contributed by atoms with Gasteiger partial charge in [-0.05, 0) is 31.9 Å². The van der Waals surface area contributed by atoms with Gasteiger partial charge in [-0.1, -0.05) is 30.4 Å². The summed E-state index contributed by atoms with van der Waals surface area (Å²) in [5, 5.41) is 11.8. The number of para-hydroxylation sites is 1. The van der Waals surface area contributed by atoms with Crippen LogP contribution < -0.4 is 20.1 Å². The molecule has 0 fully saturated rings. The molecular weight excluding hydrogens is 475 g/mol. The van der Waals surface area contributed by atoms with Gasteiger partial charge in [0.05, 0.1) is 26.1 Å². The number of methoxy groups -OCH3 is 1. The molecule has 12 nitrogen and oxygen atoms in total. The van der Waals surface area contributed by atoms with Gasteiger partial charge in [0.2, 0.25) is 11.8 Å². The first-order valence-electron chi connectivity index (χ1n) is 10.9. The first-order chi connectivity index (χ1) is 16.7. The number of fused-ring (bicyclic) bond motifs is 1. The number of rotatable bonds is 10. The fourth-order valence-electron chi connectivity index (χ4n) is 3.74. The smallest absolute Gasteiger partial charge is 0.459 e. The van der Waals surface area contributed by atoms with Gasteiger partial charge in [0.1, 0.15) is 11.8 Å². The summed E-state index contributed by atoms with van der Waals surface area (Å²) in [4.78, 5) is 24.1. The van der Waals surface area contributed by atoms with Gasteiger partial charge >= 0.3 is 13.7 Å². The molecule has 2 heterocycles. The Kier molecular flexibility index (Phi) is 7.06. The zero-order valence-corrected chi connectivity index (χ0v) is 20.4. The van der Waals surface area contributed by atoms with E-state index in [1.54, 1.807) is 31.5 Å². The molecular formula is C22H27N6O6P. The van der Waals surface area contributed by atoms with Crippen molar-refractivity contribution in [2.24, 2.45) is 5.92 Å². The largest absolute Gasteiger partial charge is 0.480 e. The normalized spacial score (nSPS) is 20.0. The molecule has 0 aliphatic heterocycles. The molecule has 1 unspecified atom stereocenters. The second kappa shape index (κ2) is 10.0. The molecule has 0 amide bonds. The van der Waals surface area contributed by atoms with Crippen LogP contribution >= 0.6 is 7.75 Å². The molecule has 1 aliphatic rings. The quantitative estimate of drug-likeness (QED) is 0.276. The number of anilines is 1. The summed E-state index contributed by atoms with van der Waals surface area (Å²) < 4.78 is 32.0. The highest BCUT2D eigenvalue weighted by Gasteiger charge is 2.34. The number of hydrogen-bond donors (Lipinski definition) is 3. The maximum Gasteiger partial charge on any atom is 0.459 e. The third kappa shape index (κ3) is 5.45. The van der Waals surface area contributed by atoms with Crippen molar-refractivity contribution in [1.82, 2.24) is 24.6 Å². The number of nitrogens with zero attached hydrogens (tertiary/aromatic N) is 4. The summed E-state index contributed by atoms with van der Waals surface area (Å²) in [6.07, 6.45) is 6.16. The van der Waals surface area contributed by atoms with Crippen LogP contribution in [0, 0.1) is 12.8 Å². The van der Waals surface area contributed by atoms with Crippen LogP contribution in [0.15, 0.2) is 42.7 Å². The number of aryl methyl sites for hydroxylation is 1. The highest BCUT2D eigenvalue weighted by molar-refractivity contribution is 7.52. The van der Waals surface area contributed by atoms with Crippen LogP contribution in [0.5, 0.6) is 11.6 Å². The number of carboxylic acid groups (broad SMARTS) is 1. The molecule has 4 atom stereocenters. The lowest BCUT2D eigenvalue weighted by Crippen LogP contribution is -2.33. The van der Waals surface area contributed by atoms with Crippen molar-refractivity contribution < 1.29 is 28.3 Å². The van der Waals surface area contributed by atoms with E-state index in [0.29, 0.717) is 29.2 Å². The molecule has 186 valence electrons. The van der Waals surface area contributed by atoms with Crippen LogP contribution in [0.3, 0.4) is 0 Å². The highest BCUT2D eigenvalue weighted by atomic mass is 31.2. The van der Waals surface area contributed by atoms with Gasteiger partial charge < -0.3 is 24.7 Å². The van der Waals surface area contributed by atoms with Crippen molar-refractivity contribution in [3.05, 3.63) is 48.3 Å². The van der Waals surface area contributed by atoms with Crippen molar-refractivity contribution in [2.45, 2.75) is 32.4 Å². The van der Waals surface area contributed by atoms with Crippen molar-refractivity contribution in [3.8, 4) is 11.6 Å². The highest BCUT2D eigenvalue weighted by Crippen LogP contribution is 2.47. The number of benzene rings is 1. The lowest BCUT2D eigenvalue weighted by atomic mass is 10.1. The Bertz CT molecular complexity index is 1310. The minimum atomic E-state index is -4.00. The van der Waals surface area contributed by atoms with E-state index in [2.05, 4.69) is 20.0 Å². The molecule has 1 aromatic carbocycles. The Hall–Kier alpha value is -3.47. The summed E-state index contributed by atoms with van der Waals surface area (Å²) in [5.41, 5.74) is 7.59. The predicted molar refractivity (Wildman–Crippen MR) is 128 cm³/mol. The van der Waals surface area contributed by atoms with Crippen LogP contribution in [-0.4, -0.2) is 50.4 Å². The number of aliphatic carboxylic acids is 1. The van der Waals surface area contributed by atoms with Gasteiger partial charge in [-0.3, -0.25) is 9.32 Å². The first-order valence-corrected chi connectivity index (χ1v) is 12.5. The Morgan fingerprint density at radius 2 is 2.11 bits per heavy atom. The summed E-state index contributed by atoms with van der Waals surface area (Å²) in [6, 6.07) is 5.75. The second-order valence-electron chi connectivity index (χ2n) is 8.20. The maximum absolute atomic E-state index is 13.5. The van der Waals surface area contributed by atoms with Crippen molar-refractivity contribution >= 4 is 30.8 Å². The van der Waals surface area contributed by atoms with Gasteiger partial charge in [-0.15, -0.1) is 0 Å². The number of nitrogen functional groups attached to an aromatic ring is 1. The number of hydrogen-bond acceptors (Lipinski definition) is 9. The summed E-state index contributed by atoms with van der Waals surface area (Å²) in [7, 11) is -2.52. The molecule has 0 saturated carbocycles. The van der Waals surface area contributed by atoms with E-state index >= 15 is 0 Å². The minimum Gasteiger partial charge on any atom is -0.480 e. The van der Waals surface area contributed by atoms with Gasteiger partial charge in [-0.2, -0.15) is 15.1 Å². The zero-order valence-electron chi connectivity index (χ0n) is 19.5. The summed E-state index contributed by atoms with van der Waals surface area (Å²) >= 11 is 0. The van der Waals surface area contributed by atoms with Gasteiger partial charge in [-0.25, -0.2) is 9.55 Å². The number of nitrogens with two attached hydrogens (primary N) is 1. The van der Waals surface area contributed by atoms with Gasteiger partial charge in [0, 0.05) is 5.92 Å². The Morgan fingerprint density at radius 3 is 2.83 bits per heavy atom. The monoisotopic (exact) mass is 502 g/mol. The summed E-state index contributed by atoms with van der Waals surface area (Å²) in [5.74, 6) is -0.579. The topological polar surface area (TPSA) is 164 Å². The van der Waals surface area contributed by atoms with Crippen LogP contribution in [0.1, 0.15) is 24.9 Å². The molecule has 0 saturated heterocycles. The van der Waals surface area contributed by atoms with E-state index in [1.807, 2.05) is 22.8 Å².